The van der Waals surface area contributed by atoms with Gasteiger partial charge in [-0.15, -0.1) is 0 Å². The van der Waals surface area contributed by atoms with Gasteiger partial charge in [-0.25, -0.2) is 0 Å². The Labute approximate surface area is 165 Å². The number of rotatable bonds is 5. The molecule has 0 spiro atoms. The summed E-state index contributed by atoms with van der Waals surface area (Å²) >= 11 is 5.62. The van der Waals surface area contributed by atoms with Crippen LogP contribution in [0.2, 0.25) is 0 Å². The Morgan fingerprint density at radius 2 is 1.93 bits per heavy atom. The molecule has 146 valence electrons. The Hall–Kier alpha value is -2.32. The van der Waals surface area contributed by atoms with Crippen LogP contribution >= 0.6 is 12.2 Å². The Kier molecular flexibility index (Phi) is 6.18. The van der Waals surface area contributed by atoms with Gasteiger partial charge in [0.2, 0.25) is 0 Å². The van der Waals surface area contributed by atoms with Crippen LogP contribution in [0.25, 0.3) is 0 Å². The predicted molar refractivity (Wildman–Crippen MR) is 111 cm³/mol. The number of ether oxygens (including phenoxy) is 2. The molecule has 8 heteroatoms. The van der Waals surface area contributed by atoms with Gasteiger partial charge in [-0.3, -0.25) is 9.58 Å². The SMILES string of the molecule is COc1ccc(OC)c(NC(=S)N2CCN(Cc3cnn(C)c3C)CC2)c1. The topological polar surface area (TPSA) is 54.8 Å². The first-order chi connectivity index (χ1) is 13.0. The number of nitrogens with zero attached hydrogens (tertiary/aromatic N) is 4. The van der Waals surface area contributed by atoms with Gasteiger partial charge < -0.3 is 19.7 Å². The third-order valence-corrected chi connectivity index (χ3v) is 5.40. The molecular formula is C19H27N5O2S. The molecule has 0 radical (unpaired) electrons. The number of thiocarbonyl (C=S) groups is 1. The molecule has 3 rings (SSSR count). The van der Waals surface area contributed by atoms with E-state index in [4.69, 9.17) is 21.7 Å². The molecule has 0 amide bonds. The Balaban J connectivity index is 1.56. The molecule has 0 aliphatic carbocycles. The molecule has 1 fully saturated rings. The lowest BCUT2D eigenvalue weighted by atomic mass is 10.2. The van der Waals surface area contributed by atoms with Crippen LogP contribution in [0.3, 0.4) is 0 Å². The average Bonchev–Trinajstić information content (AvgIpc) is 3.00. The third-order valence-electron chi connectivity index (χ3n) is 5.04. The van der Waals surface area contributed by atoms with Crippen molar-refractivity contribution in [1.29, 1.82) is 0 Å². The average molecular weight is 390 g/mol. The van der Waals surface area contributed by atoms with Crippen LogP contribution in [0.1, 0.15) is 11.3 Å². The Morgan fingerprint density at radius 1 is 1.19 bits per heavy atom. The zero-order chi connectivity index (χ0) is 19.4. The van der Waals surface area contributed by atoms with Crippen LogP contribution in [0.5, 0.6) is 11.5 Å². The normalized spacial score (nSPS) is 14.9. The highest BCUT2D eigenvalue weighted by Crippen LogP contribution is 2.29. The molecule has 27 heavy (non-hydrogen) atoms. The summed E-state index contributed by atoms with van der Waals surface area (Å²) < 4.78 is 12.6. The fourth-order valence-electron chi connectivity index (χ4n) is 3.16. The van der Waals surface area contributed by atoms with Gasteiger partial charge in [0.25, 0.3) is 0 Å². The Morgan fingerprint density at radius 3 is 2.52 bits per heavy atom. The van der Waals surface area contributed by atoms with Gasteiger partial charge in [0.1, 0.15) is 11.5 Å². The van der Waals surface area contributed by atoms with E-state index < -0.39 is 0 Å². The standard InChI is InChI=1S/C19H27N5O2S/c1-14-15(12-20-22(14)2)13-23-7-9-24(10-8-23)19(27)21-17-11-16(25-3)5-6-18(17)26-4/h5-6,11-12H,7-10,13H2,1-4H3,(H,21,27). The molecule has 0 bridgehead atoms. The number of hydrogen-bond donors (Lipinski definition) is 1. The maximum Gasteiger partial charge on any atom is 0.173 e. The molecule has 1 aliphatic rings. The molecule has 0 unspecified atom stereocenters. The van der Waals surface area contributed by atoms with E-state index >= 15 is 0 Å². The van der Waals surface area contributed by atoms with Crippen LogP contribution in [0.4, 0.5) is 5.69 Å². The minimum absolute atomic E-state index is 0.707. The molecule has 7 nitrogen and oxygen atoms in total. The molecule has 2 heterocycles. The van der Waals surface area contributed by atoms with Crippen LogP contribution in [0.15, 0.2) is 24.4 Å². The number of anilines is 1. The zero-order valence-corrected chi connectivity index (χ0v) is 17.2. The first-order valence-corrected chi connectivity index (χ1v) is 9.40. The maximum absolute atomic E-state index is 5.62. The van der Waals surface area contributed by atoms with Crippen molar-refractivity contribution >= 4 is 23.0 Å². The second-order valence-electron chi connectivity index (χ2n) is 6.64. The minimum Gasteiger partial charge on any atom is -0.497 e. The number of benzene rings is 1. The van der Waals surface area contributed by atoms with E-state index in [9.17, 15) is 0 Å². The van der Waals surface area contributed by atoms with Gasteiger partial charge in [-0.05, 0) is 31.3 Å². The molecule has 1 N–H and O–H groups in total. The Bertz CT molecular complexity index is 799. The second-order valence-corrected chi connectivity index (χ2v) is 7.03. The van der Waals surface area contributed by atoms with Gasteiger partial charge in [0, 0.05) is 57.1 Å². The number of hydrogen-bond acceptors (Lipinski definition) is 5. The highest BCUT2D eigenvalue weighted by Gasteiger charge is 2.21. The van der Waals surface area contributed by atoms with Gasteiger partial charge in [0.15, 0.2) is 5.11 Å². The molecule has 1 aromatic carbocycles. The van der Waals surface area contributed by atoms with Crippen molar-refractivity contribution in [2.45, 2.75) is 13.5 Å². The number of aromatic nitrogens is 2. The largest absolute Gasteiger partial charge is 0.497 e. The summed E-state index contributed by atoms with van der Waals surface area (Å²) in [6, 6.07) is 5.64. The summed E-state index contributed by atoms with van der Waals surface area (Å²) in [6.45, 7) is 6.74. The summed E-state index contributed by atoms with van der Waals surface area (Å²) in [7, 11) is 5.27. The predicted octanol–water partition coefficient (Wildman–Crippen LogP) is 2.26. The van der Waals surface area contributed by atoms with E-state index in [0.29, 0.717) is 5.11 Å². The highest BCUT2D eigenvalue weighted by atomic mass is 32.1. The molecule has 0 saturated carbocycles. The molecule has 1 aromatic heterocycles. The maximum atomic E-state index is 5.62. The smallest absolute Gasteiger partial charge is 0.173 e. The van der Waals surface area contributed by atoms with Crippen molar-refractivity contribution in [3.05, 3.63) is 35.7 Å². The minimum atomic E-state index is 0.707. The van der Waals surface area contributed by atoms with E-state index in [0.717, 1.165) is 49.9 Å². The molecule has 1 aliphatic heterocycles. The van der Waals surface area contributed by atoms with Gasteiger partial charge in [0.05, 0.1) is 26.1 Å². The van der Waals surface area contributed by atoms with E-state index in [1.165, 1.54) is 11.3 Å². The lowest BCUT2D eigenvalue weighted by Gasteiger charge is -2.36. The van der Waals surface area contributed by atoms with E-state index in [2.05, 4.69) is 27.1 Å². The van der Waals surface area contributed by atoms with Crippen molar-refractivity contribution < 1.29 is 9.47 Å². The fraction of sp³-hybridized carbons (Fsp3) is 0.474. The van der Waals surface area contributed by atoms with Crippen molar-refractivity contribution in [1.82, 2.24) is 19.6 Å². The quantitative estimate of drug-likeness (QED) is 0.787. The summed E-state index contributed by atoms with van der Waals surface area (Å²) in [4.78, 5) is 4.64. The zero-order valence-electron chi connectivity index (χ0n) is 16.4. The van der Waals surface area contributed by atoms with Crippen molar-refractivity contribution in [2.24, 2.45) is 7.05 Å². The lowest BCUT2D eigenvalue weighted by Crippen LogP contribution is -2.49. The summed E-state index contributed by atoms with van der Waals surface area (Å²) in [5, 5.41) is 8.34. The van der Waals surface area contributed by atoms with Crippen LogP contribution in [-0.2, 0) is 13.6 Å². The van der Waals surface area contributed by atoms with E-state index in [1.54, 1.807) is 14.2 Å². The third kappa shape index (κ3) is 4.51. The van der Waals surface area contributed by atoms with Crippen LogP contribution in [-0.4, -0.2) is 65.1 Å². The number of methoxy groups -OCH3 is 2. The number of nitrogens with one attached hydrogen (secondary N) is 1. The monoisotopic (exact) mass is 389 g/mol. The summed E-state index contributed by atoms with van der Waals surface area (Å²) in [5.41, 5.74) is 3.32. The molecule has 0 atom stereocenters. The van der Waals surface area contributed by atoms with E-state index in [-0.39, 0.29) is 0 Å². The van der Waals surface area contributed by atoms with Crippen molar-refractivity contribution in [3.8, 4) is 11.5 Å². The summed E-state index contributed by atoms with van der Waals surface area (Å²) in [6.07, 6.45) is 1.96. The first-order valence-electron chi connectivity index (χ1n) is 8.99. The van der Waals surface area contributed by atoms with Crippen molar-refractivity contribution in [2.75, 3.05) is 45.7 Å². The van der Waals surface area contributed by atoms with Crippen LogP contribution < -0.4 is 14.8 Å². The van der Waals surface area contributed by atoms with Crippen LogP contribution in [0, 0.1) is 6.92 Å². The first kappa shape index (κ1) is 19.4. The number of aryl methyl sites for hydroxylation is 1. The number of piperazine rings is 1. The van der Waals surface area contributed by atoms with Gasteiger partial charge in [-0.2, -0.15) is 5.10 Å². The van der Waals surface area contributed by atoms with E-state index in [1.807, 2.05) is 36.1 Å². The molecule has 2 aromatic rings. The molecular weight excluding hydrogens is 362 g/mol. The highest BCUT2D eigenvalue weighted by molar-refractivity contribution is 7.80. The molecule has 1 saturated heterocycles. The van der Waals surface area contributed by atoms with Gasteiger partial charge in [-0.1, -0.05) is 0 Å². The summed E-state index contributed by atoms with van der Waals surface area (Å²) in [5.74, 6) is 1.50. The second kappa shape index (κ2) is 8.58. The van der Waals surface area contributed by atoms with Crippen molar-refractivity contribution in [3.63, 3.8) is 0 Å². The van der Waals surface area contributed by atoms with Gasteiger partial charge >= 0.3 is 0 Å². The fourth-order valence-corrected chi connectivity index (χ4v) is 3.45. The lowest BCUT2D eigenvalue weighted by molar-refractivity contribution is 0.176.